The zero-order chi connectivity index (χ0) is 20.0. The Bertz CT molecular complexity index is 339. The number of rotatable bonds is 8. The second-order valence-corrected chi connectivity index (χ2v) is 3.57. The Balaban J connectivity index is -0.000000297. The van der Waals surface area contributed by atoms with E-state index in [2.05, 4.69) is 11.7 Å². The molecular weight excluding hydrogens is 314 g/mol. The van der Waals surface area contributed by atoms with Gasteiger partial charge in [-0.3, -0.25) is 14.9 Å². The molecule has 0 aromatic carbocycles. The van der Waals surface area contributed by atoms with Crippen molar-refractivity contribution in [2.75, 3.05) is 34.9 Å². The molecule has 0 aromatic heterocycles. The number of nitrogens with zero attached hydrogens (tertiary/aromatic N) is 1. The van der Waals surface area contributed by atoms with Gasteiger partial charge in [0.05, 0.1) is 18.8 Å². The van der Waals surface area contributed by atoms with E-state index in [0.717, 1.165) is 7.11 Å². The van der Waals surface area contributed by atoms with Crippen LogP contribution in [0.5, 0.6) is 0 Å². The summed E-state index contributed by atoms with van der Waals surface area (Å²) in [5.74, 6) is 2.01. The molecule has 0 bridgehead atoms. The summed E-state index contributed by atoms with van der Waals surface area (Å²) in [7, 11) is 5.68. The highest BCUT2D eigenvalue weighted by Crippen LogP contribution is 2.07. The van der Waals surface area contributed by atoms with E-state index < -0.39 is 5.91 Å². The summed E-state index contributed by atoms with van der Waals surface area (Å²) in [6.45, 7) is 3.87. The van der Waals surface area contributed by atoms with Crippen molar-refractivity contribution in [2.24, 2.45) is 5.73 Å². The van der Waals surface area contributed by atoms with Gasteiger partial charge in [0.25, 0.3) is 5.91 Å². The second kappa shape index (κ2) is 26.0. The van der Waals surface area contributed by atoms with E-state index in [0.29, 0.717) is 12.8 Å². The van der Waals surface area contributed by atoms with Gasteiger partial charge in [-0.05, 0) is 7.05 Å². The van der Waals surface area contributed by atoms with Crippen LogP contribution in [0.4, 0.5) is 0 Å². The smallest absolute Gasteiger partial charge is 0.251 e. The summed E-state index contributed by atoms with van der Waals surface area (Å²) in [5.41, 5.74) is 4.50. The van der Waals surface area contributed by atoms with E-state index in [1.807, 2.05) is 19.2 Å². The van der Waals surface area contributed by atoms with E-state index in [4.69, 9.17) is 21.4 Å². The van der Waals surface area contributed by atoms with Crippen LogP contribution < -0.4 is 11.1 Å². The molecule has 0 aliphatic carbocycles. The first-order chi connectivity index (χ1) is 11.6. The molecule has 5 N–H and O–H groups in total. The maximum absolute atomic E-state index is 11.0. The van der Waals surface area contributed by atoms with Gasteiger partial charge in [-0.25, -0.2) is 0 Å². The number of carbonyl (C=O) groups excluding carboxylic acids is 2. The van der Waals surface area contributed by atoms with E-state index in [9.17, 15) is 9.59 Å². The van der Waals surface area contributed by atoms with Crippen molar-refractivity contribution in [1.29, 1.82) is 0 Å². The van der Waals surface area contributed by atoms with E-state index in [1.54, 1.807) is 11.9 Å². The number of terminal acetylenes is 1. The topological polar surface area (TPSA) is 125 Å². The van der Waals surface area contributed by atoms with Crippen LogP contribution in [0, 0.1) is 12.3 Å². The highest BCUT2D eigenvalue weighted by atomic mass is 16.5. The van der Waals surface area contributed by atoms with Crippen LogP contribution in [0.25, 0.3) is 0 Å². The fraction of sp³-hybridized carbons (Fsp3) is 0.625. The number of amides is 2. The Kier molecular flexibility index (Phi) is 32.5. The standard InChI is InChI=1S/C12H18N2O4.C2H6.CH5N.CH4O/c1-4-10(7-11(8-15)18-3)14(2)6-5-12(17)13-9-16;3*1-2/h1,5-6,9-11,15H,7-8H2,2-3H3,(H,13,16,17);1-2H3;2H2,1H3;2H,1H3/b6-5-;;;. The molecule has 8 heteroatoms. The molecule has 2 unspecified atom stereocenters. The number of nitrogens with two attached hydrogens (primary N) is 1. The summed E-state index contributed by atoms with van der Waals surface area (Å²) in [6, 6.07) is -0.317. The number of carbonyl (C=O) groups is 2. The highest BCUT2D eigenvalue weighted by Gasteiger charge is 2.15. The van der Waals surface area contributed by atoms with Crippen LogP contribution in [0.3, 0.4) is 0 Å². The molecule has 2 atom stereocenters. The lowest BCUT2D eigenvalue weighted by atomic mass is 10.1. The van der Waals surface area contributed by atoms with Gasteiger partial charge in [0.1, 0.15) is 0 Å². The Hall–Kier alpha value is -1.92. The third-order valence-corrected chi connectivity index (χ3v) is 2.37. The summed E-state index contributed by atoms with van der Waals surface area (Å²) >= 11 is 0. The van der Waals surface area contributed by atoms with Gasteiger partial charge >= 0.3 is 0 Å². The van der Waals surface area contributed by atoms with Gasteiger partial charge < -0.3 is 25.6 Å². The lowest BCUT2D eigenvalue weighted by molar-refractivity contribution is -0.121. The molecule has 0 heterocycles. The number of methoxy groups -OCH3 is 1. The average molecular weight is 347 g/mol. The van der Waals surface area contributed by atoms with Gasteiger partial charge in [0.2, 0.25) is 6.41 Å². The molecule has 8 nitrogen and oxygen atoms in total. The third kappa shape index (κ3) is 18.1. The van der Waals surface area contributed by atoms with Crippen molar-refractivity contribution in [3.63, 3.8) is 0 Å². The third-order valence-electron chi connectivity index (χ3n) is 2.37. The first kappa shape index (κ1) is 30.0. The Labute approximate surface area is 145 Å². The molecule has 2 amide bonds. The molecule has 0 saturated heterocycles. The van der Waals surface area contributed by atoms with Crippen LogP contribution in [0.1, 0.15) is 20.3 Å². The summed E-state index contributed by atoms with van der Waals surface area (Å²) in [4.78, 5) is 22.7. The molecular formula is C16H33N3O5. The molecule has 142 valence electrons. The fourth-order valence-corrected chi connectivity index (χ4v) is 1.24. The SMILES string of the molecule is C#CC(CC(CO)OC)N(C)/C=C\C(=O)NC=O.CC.CN.CO. The van der Waals surface area contributed by atoms with Gasteiger partial charge in [-0.1, -0.05) is 19.8 Å². The lowest BCUT2D eigenvalue weighted by Gasteiger charge is -2.25. The van der Waals surface area contributed by atoms with Crippen LogP contribution in [0.15, 0.2) is 12.3 Å². The van der Waals surface area contributed by atoms with Crippen LogP contribution >= 0.6 is 0 Å². The van der Waals surface area contributed by atoms with Gasteiger partial charge in [-0.2, -0.15) is 0 Å². The zero-order valence-electron chi connectivity index (χ0n) is 15.5. The van der Waals surface area contributed by atoms with Crippen molar-refractivity contribution in [1.82, 2.24) is 10.2 Å². The molecule has 0 aromatic rings. The Morgan fingerprint density at radius 3 is 2.25 bits per heavy atom. The fourth-order valence-electron chi connectivity index (χ4n) is 1.24. The monoisotopic (exact) mass is 347 g/mol. The van der Waals surface area contributed by atoms with Crippen molar-refractivity contribution in [3.05, 3.63) is 12.3 Å². The maximum atomic E-state index is 11.0. The number of hydrogen-bond acceptors (Lipinski definition) is 7. The predicted octanol–water partition coefficient (Wildman–Crippen LogP) is -0.687. The Morgan fingerprint density at radius 1 is 1.42 bits per heavy atom. The van der Waals surface area contributed by atoms with Gasteiger partial charge in [0.15, 0.2) is 0 Å². The maximum Gasteiger partial charge on any atom is 0.251 e. The quantitative estimate of drug-likeness (QED) is 0.260. The molecule has 0 spiro atoms. The minimum Gasteiger partial charge on any atom is -0.400 e. The molecule has 0 saturated carbocycles. The average Bonchev–Trinajstić information content (AvgIpc) is 2.66. The minimum atomic E-state index is -0.530. The summed E-state index contributed by atoms with van der Waals surface area (Å²) in [6.07, 6.45) is 8.41. The highest BCUT2D eigenvalue weighted by molar-refractivity contribution is 5.94. The van der Waals surface area contributed by atoms with Crippen molar-refractivity contribution < 1.29 is 24.5 Å². The van der Waals surface area contributed by atoms with Crippen LogP contribution in [0.2, 0.25) is 0 Å². The van der Waals surface area contributed by atoms with E-state index in [1.165, 1.54) is 26.4 Å². The first-order valence-corrected chi connectivity index (χ1v) is 7.35. The molecule has 0 fully saturated rings. The summed E-state index contributed by atoms with van der Waals surface area (Å²) in [5, 5.41) is 18.0. The molecule has 0 radical (unpaired) electrons. The molecule has 0 aliphatic heterocycles. The van der Waals surface area contributed by atoms with Gasteiger partial charge in [-0.15, -0.1) is 6.42 Å². The zero-order valence-corrected chi connectivity index (χ0v) is 15.5. The number of ether oxygens (including phenoxy) is 1. The number of imide groups is 1. The molecule has 24 heavy (non-hydrogen) atoms. The van der Waals surface area contributed by atoms with E-state index >= 15 is 0 Å². The second-order valence-electron chi connectivity index (χ2n) is 3.57. The number of aliphatic hydroxyl groups excluding tert-OH is 2. The molecule has 0 aliphatic rings. The van der Waals surface area contributed by atoms with E-state index in [-0.39, 0.29) is 18.8 Å². The van der Waals surface area contributed by atoms with Crippen molar-refractivity contribution in [2.45, 2.75) is 32.4 Å². The lowest BCUT2D eigenvalue weighted by Crippen LogP contribution is -2.32. The number of hydrogen-bond donors (Lipinski definition) is 4. The van der Waals surface area contributed by atoms with Gasteiger partial charge in [0, 0.05) is 40.0 Å². The predicted molar refractivity (Wildman–Crippen MR) is 95.8 cm³/mol. The van der Waals surface area contributed by atoms with Crippen molar-refractivity contribution >= 4 is 12.3 Å². The Morgan fingerprint density at radius 2 is 1.92 bits per heavy atom. The first-order valence-electron chi connectivity index (χ1n) is 7.35. The molecule has 0 rings (SSSR count). The number of aliphatic hydroxyl groups is 2. The minimum absolute atomic E-state index is 0.127. The largest absolute Gasteiger partial charge is 0.400 e. The van der Waals surface area contributed by atoms with Crippen LogP contribution in [-0.2, 0) is 14.3 Å². The van der Waals surface area contributed by atoms with Crippen LogP contribution in [-0.4, -0.2) is 74.5 Å². The van der Waals surface area contributed by atoms with Crippen molar-refractivity contribution in [3.8, 4) is 12.3 Å². The normalized spacial score (nSPS) is 11.0. The number of nitrogens with one attached hydrogen (secondary N) is 1. The summed E-state index contributed by atoms with van der Waals surface area (Å²) < 4.78 is 5.02.